The third-order valence-electron chi connectivity index (χ3n) is 3.68. The minimum absolute atomic E-state index is 0.0984. The van der Waals surface area contributed by atoms with Gasteiger partial charge in [0, 0.05) is 6.54 Å². The number of sulfonamides is 1. The molecule has 0 unspecified atom stereocenters. The molecule has 0 atom stereocenters. The largest absolute Gasteiger partial charge is 0.392 e. The van der Waals surface area contributed by atoms with Crippen LogP contribution in [0, 0.1) is 5.41 Å². The summed E-state index contributed by atoms with van der Waals surface area (Å²) < 4.78 is 27.0. The number of hydrogen-bond acceptors (Lipinski definition) is 3. The summed E-state index contributed by atoms with van der Waals surface area (Å²) in [5.74, 6) is 0. The number of aliphatic hydroxyl groups is 1. The molecule has 1 saturated carbocycles. The lowest BCUT2D eigenvalue weighted by Gasteiger charge is -2.38. The van der Waals surface area contributed by atoms with Crippen LogP contribution in [-0.2, 0) is 16.6 Å². The van der Waals surface area contributed by atoms with E-state index in [-0.39, 0.29) is 16.9 Å². The van der Waals surface area contributed by atoms with Gasteiger partial charge in [-0.1, -0.05) is 31.5 Å². The lowest BCUT2D eigenvalue weighted by molar-refractivity contribution is 0.166. The zero-order valence-electron chi connectivity index (χ0n) is 10.5. The number of nitrogens with one attached hydrogen (secondary N) is 1. The van der Waals surface area contributed by atoms with Crippen LogP contribution in [0.5, 0.6) is 0 Å². The average Bonchev–Trinajstić information content (AvgIpc) is 2.34. The van der Waals surface area contributed by atoms with E-state index in [2.05, 4.69) is 11.6 Å². The highest BCUT2D eigenvalue weighted by Gasteiger charge is 2.33. The van der Waals surface area contributed by atoms with Crippen molar-refractivity contribution in [3.05, 3.63) is 29.8 Å². The zero-order chi connectivity index (χ0) is 13.2. The van der Waals surface area contributed by atoms with Gasteiger partial charge in [0.25, 0.3) is 0 Å². The van der Waals surface area contributed by atoms with Crippen LogP contribution in [0.4, 0.5) is 0 Å². The first-order valence-electron chi connectivity index (χ1n) is 6.15. The summed E-state index contributed by atoms with van der Waals surface area (Å²) >= 11 is 0. The first-order valence-corrected chi connectivity index (χ1v) is 7.64. The molecular formula is C13H19NO3S. The van der Waals surface area contributed by atoms with Gasteiger partial charge in [0.2, 0.25) is 10.0 Å². The normalized spacial score (nSPS) is 18.3. The molecule has 1 aliphatic rings. The van der Waals surface area contributed by atoms with E-state index in [1.165, 1.54) is 12.5 Å². The second-order valence-electron chi connectivity index (χ2n) is 5.25. The summed E-state index contributed by atoms with van der Waals surface area (Å²) in [5.41, 5.74) is 0.532. The van der Waals surface area contributed by atoms with Crippen molar-refractivity contribution >= 4 is 10.0 Å². The van der Waals surface area contributed by atoms with Crippen LogP contribution in [0.25, 0.3) is 0 Å². The van der Waals surface area contributed by atoms with Crippen molar-refractivity contribution in [3.8, 4) is 0 Å². The summed E-state index contributed by atoms with van der Waals surface area (Å²) in [6.45, 7) is 2.29. The second-order valence-corrected chi connectivity index (χ2v) is 6.99. The molecule has 100 valence electrons. The molecule has 1 aliphatic carbocycles. The quantitative estimate of drug-likeness (QED) is 0.854. The fourth-order valence-corrected chi connectivity index (χ4v) is 3.63. The molecule has 0 saturated heterocycles. The van der Waals surface area contributed by atoms with E-state index in [1.54, 1.807) is 18.2 Å². The molecule has 0 amide bonds. The molecule has 1 aromatic rings. The van der Waals surface area contributed by atoms with Crippen LogP contribution < -0.4 is 4.72 Å². The van der Waals surface area contributed by atoms with Crippen LogP contribution >= 0.6 is 0 Å². The van der Waals surface area contributed by atoms with Crippen LogP contribution in [0.15, 0.2) is 29.2 Å². The monoisotopic (exact) mass is 269 g/mol. The van der Waals surface area contributed by atoms with Crippen molar-refractivity contribution in [2.45, 2.75) is 37.7 Å². The summed E-state index contributed by atoms with van der Waals surface area (Å²) in [6.07, 6.45) is 3.31. The van der Waals surface area contributed by atoms with Crippen molar-refractivity contribution in [2.75, 3.05) is 6.54 Å². The minimum Gasteiger partial charge on any atom is -0.392 e. The van der Waals surface area contributed by atoms with Gasteiger partial charge in [-0.3, -0.25) is 0 Å². The Hall–Kier alpha value is -0.910. The highest BCUT2D eigenvalue weighted by Crippen LogP contribution is 2.39. The number of rotatable bonds is 5. The van der Waals surface area contributed by atoms with Crippen LogP contribution in [0.3, 0.4) is 0 Å². The Morgan fingerprint density at radius 1 is 1.33 bits per heavy atom. The Morgan fingerprint density at radius 3 is 2.56 bits per heavy atom. The van der Waals surface area contributed by atoms with Crippen molar-refractivity contribution in [3.63, 3.8) is 0 Å². The van der Waals surface area contributed by atoms with Crippen molar-refractivity contribution < 1.29 is 13.5 Å². The smallest absolute Gasteiger partial charge is 0.240 e. The zero-order valence-corrected chi connectivity index (χ0v) is 11.3. The Balaban J connectivity index is 2.15. The lowest BCUT2D eigenvalue weighted by Crippen LogP contribution is -2.40. The van der Waals surface area contributed by atoms with E-state index in [1.807, 2.05) is 0 Å². The maximum Gasteiger partial charge on any atom is 0.240 e. The third kappa shape index (κ3) is 2.74. The maximum absolute atomic E-state index is 12.2. The van der Waals surface area contributed by atoms with Crippen LogP contribution in [-0.4, -0.2) is 20.1 Å². The Bertz CT molecular complexity index is 521. The van der Waals surface area contributed by atoms with Gasteiger partial charge in [-0.15, -0.1) is 0 Å². The highest BCUT2D eigenvalue weighted by atomic mass is 32.2. The van der Waals surface area contributed by atoms with E-state index in [0.717, 1.165) is 12.8 Å². The predicted molar refractivity (Wildman–Crippen MR) is 69.5 cm³/mol. The van der Waals surface area contributed by atoms with Gasteiger partial charge in [-0.05, 0) is 29.9 Å². The Labute approximate surface area is 108 Å². The Morgan fingerprint density at radius 2 is 2.00 bits per heavy atom. The van der Waals surface area contributed by atoms with Crippen molar-refractivity contribution in [1.82, 2.24) is 4.72 Å². The van der Waals surface area contributed by atoms with Crippen LogP contribution in [0.1, 0.15) is 31.7 Å². The Kier molecular flexibility index (Phi) is 3.75. The fraction of sp³-hybridized carbons (Fsp3) is 0.538. The average molecular weight is 269 g/mol. The molecule has 0 bridgehead atoms. The summed E-state index contributed by atoms with van der Waals surface area (Å²) in [5, 5.41) is 9.17. The number of benzene rings is 1. The van der Waals surface area contributed by atoms with Crippen LogP contribution in [0.2, 0.25) is 0 Å². The molecule has 1 aromatic carbocycles. The summed E-state index contributed by atoms with van der Waals surface area (Å²) in [4.78, 5) is 0.176. The van der Waals surface area contributed by atoms with E-state index in [9.17, 15) is 13.5 Å². The van der Waals surface area contributed by atoms with Crippen molar-refractivity contribution in [1.29, 1.82) is 0 Å². The standard InChI is InChI=1S/C13H19NO3S/c1-13(7-4-8-13)10-14-18(16,17)12-6-3-2-5-11(12)9-15/h2-3,5-6,14-15H,4,7-10H2,1H3. The molecule has 0 aromatic heterocycles. The van der Waals surface area contributed by atoms with Gasteiger partial charge in [0.1, 0.15) is 0 Å². The summed E-state index contributed by atoms with van der Waals surface area (Å²) in [6, 6.07) is 6.53. The molecule has 0 spiro atoms. The minimum atomic E-state index is -3.52. The maximum atomic E-state index is 12.2. The molecule has 18 heavy (non-hydrogen) atoms. The van der Waals surface area contributed by atoms with Gasteiger partial charge in [0.15, 0.2) is 0 Å². The topological polar surface area (TPSA) is 66.4 Å². The number of aliphatic hydroxyl groups excluding tert-OH is 1. The first kappa shape index (κ1) is 13.5. The molecule has 2 N–H and O–H groups in total. The molecular weight excluding hydrogens is 250 g/mol. The number of hydrogen-bond donors (Lipinski definition) is 2. The molecule has 0 heterocycles. The van der Waals surface area contributed by atoms with Gasteiger partial charge < -0.3 is 5.11 Å². The van der Waals surface area contributed by atoms with Gasteiger partial charge >= 0.3 is 0 Å². The molecule has 0 radical (unpaired) electrons. The summed E-state index contributed by atoms with van der Waals surface area (Å²) in [7, 11) is -3.52. The molecule has 0 aliphatic heterocycles. The predicted octanol–water partition coefficient (Wildman–Crippen LogP) is 1.65. The van der Waals surface area contributed by atoms with Gasteiger partial charge in [0.05, 0.1) is 11.5 Å². The van der Waals surface area contributed by atoms with E-state index < -0.39 is 10.0 Å². The van der Waals surface area contributed by atoms with E-state index in [4.69, 9.17) is 0 Å². The second kappa shape index (κ2) is 4.99. The molecule has 4 nitrogen and oxygen atoms in total. The third-order valence-corrected chi connectivity index (χ3v) is 5.18. The van der Waals surface area contributed by atoms with Crippen molar-refractivity contribution in [2.24, 2.45) is 5.41 Å². The highest BCUT2D eigenvalue weighted by molar-refractivity contribution is 7.89. The van der Waals surface area contributed by atoms with Gasteiger partial charge in [-0.25, -0.2) is 13.1 Å². The first-order chi connectivity index (χ1) is 8.47. The molecule has 1 fully saturated rings. The lowest BCUT2D eigenvalue weighted by atomic mass is 9.71. The van der Waals surface area contributed by atoms with E-state index in [0.29, 0.717) is 12.1 Å². The molecule has 2 rings (SSSR count). The SMILES string of the molecule is CC1(CNS(=O)(=O)c2ccccc2CO)CCC1. The van der Waals surface area contributed by atoms with Gasteiger partial charge in [-0.2, -0.15) is 0 Å². The molecule has 5 heteroatoms. The fourth-order valence-electron chi connectivity index (χ4n) is 2.20. The van der Waals surface area contributed by atoms with E-state index >= 15 is 0 Å².